The summed E-state index contributed by atoms with van der Waals surface area (Å²) < 4.78 is 1.78. The van der Waals surface area contributed by atoms with E-state index in [4.69, 9.17) is 11.5 Å². The van der Waals surface area contributed by atoms with Crippen LogP contribution in [-0.2, 0) is 11.3 Å². The fraction of sp³-hybridized carbons (Fsp3) is 0.250. The quantitative estimate of drug-likeness (QED) is 0.763. The van der Waals surface area contributed by atoms with Crippen LogP contribution in [0.4, 0.5) is 0 Å². The number of aliphatic carboxylic acids is 1. The molecule has 0 bridgehead atoms. The zero-order valence-corrected chi connectivity index (χ0v) is 9.65. The van der Waals surface area contributed by atoms with Crippen molar-refractivity contribution < 1.29 is 9.90 Å². The Morgan fingerprint density at radius 3 is 3.11 bits per heavy atom. The Morgan fingerprint density at radius 2 is 2.44 bits per heavy atom. The molecule has 0 atom stereocenters. The van der Waals surface area contributed by atoms with Crippen LogP contribution in [0, 0.1) is 12.3 Å². The normalized spacial score (nSPS) is 10.7. The Bertz CT molecular complexity index is 566. The average molecular weight is 244 g/mol. The van der Waals surface area contributed by atoms with Crippen molar-refractivity contribution in [2.45, 2.75) is 6.54 Å². The van der Waals surface area contributed by atoms with Gasteiger partial charge in [-0.05, 0) is 6.07 Å². The number of imidazole rings is 1. The fourth-order valence-electron chi connectivity index (χ4n) is 1.67. The summed E-state index contributed by atoms with van der Waals surface area (Å²) in [5, 5.41) is 8.78. The van der Waals surface area contributed by atoms with E-state index in [-0.39, 0.29) is 13.1 Å². The summed E-state index contributed by atoms with van der Waals surface area (Å²) in [5.41, 5.74) is 0.741. The lowest BCUT2D eigenvalue weighted by Gasteiger charge is -2.15. The number of fused-ring (bicyclic) bond motifs is 1. The molecule has 1 N–H and O–H groups in total. The first-order chi connectivity index (χ1) is 8.69. The van der Waals surface area contributed by atoms with Crippen molar-refractivity contribution in [1.82, 2.24) is 19.3 Å². The predicted molar refractivity (Wildman–Crippen MR) is 64.7 cm³/mol. The highest BCUT2D eigenvalue weighted by molar-refractivity contribution is 5.69. The number of hydrogen-bond acceptors (Lipinski definition) is 4. The van der Waals surface area contributed by atoms with E-state index in [1.165, 1.54) is 0 Å². The Balaban J connectivity index is 2.15. The van der Waals surface area contributed by atoms with E-state index in [9.17, 15) is 4.79 Å². The molecular weight excluding hydrogens is 232 g/mol. The highest BCUT2D eigenvalue weighted by Gasteiger charge is 2.11. The van der Waals surface area contributed by atoms with Crippen LogP contribution in [0.5, 0.6) is 0 Å². The topological polar surface area (TPSA) is 70.7 Å². The van der Waals surface area contributed by atoms with Crippen molar-refractivity contribution in [2.75, 3.05) is 13.1 Å². The van der Waals surface area contributed by atoms with Gasteiger partial charge in [0, 0.05) is 25.1 Å². The maximum atomic E-state index is 10.7. The van der Waals surface area contributed by atoms with E-state index in [0.717, 1.165) is 5.69 Å². The van der Waals surface area contributed by atoms with Crippen molar-refractivity contribution in [3.63, 3.8) is 0 Å². The minimum atomic E-state index is -0.910. The molecule has 18 heavy (non-hydrogen) atoms. The van der Waals surface area contributed by atoms with Crippen LogP contribution in [-0.4, -0.2) is 43.4 Å². The van der Waals surface area contributed by atoms with Gasteiger partial charge in [-0.3, -0.25) is 14.1 Å². The first-order valence-corrected chi connectivity index (χ1v) is 5.35. The summed E-state index contributed by atoms with van der Waals surface area (Å²) in [6.07, 6.45) is 10.5. The van der Waals surface area contributed by atoms with Gasteiger partial charge in [-0.1, -0.05) is 5.92 Å². The molecule has 0 fully saturated rings. The largest absolute Gasteiger partial charge is 0.480 e. The van der Waals surface area contributed by atoms with E-state index >= 15 is 0 Å². The third-order valence-corrected chi connectivity index (χ3v) is 2.34. The van der Waals surface area contributed by atoms with Gasteiger partial charge < -0.3 is 5.11 Å². The van der Waals surface area contributed by atoms with Gasteiger partial charge in [0.2, 0.25) is 5.78 Å². The molecule has 2 rings (SSSR count). The minimum absolute atomic E-state index is 0.106. The van der Waals surface area contributed by atoms with Crippen LogP contribution < -0.4 is 0 Å². The summed E-state index contributed by atoms with van der Waals surface area (Å²) in [7, 11) is 0. The third kappa shape index (κ3) is 2.84. The molecule has 0 spiro atoms. The Kier molecular flexibility index (Phi) is 3.55. The molecule has 0 amide bonds. The molecule has 0 aliphatic rings. The second-order valence-corrected chi connectivity index (χ2v) is 3.80. The SMILES string of the molecule is C#CCN(CC(=O)O)Cc1cn2cccnc2n1. The molecule has 6 heteroatoms. The summed E-state index contributed by atoms with van der Waals surface area (Å²) in [6.45, 7) is 0.555. The number of aromatic nitrogens is 3. The number of carboxylic acid groups (broad SMARTS) is 1. The average Bonchev–Trinajstić information content (AvgIpc) is 2.70. The second kappa shape index (κ2) is 5.29. The molecule has 92 valence electrons. The van der Waals surface area contributed by atoms with Crippen molar-refractivity contribution >= 4 is 11.7 Å². The maximum Gasteiger partial charge on any atom is 0.317 e. The lowest BCUT2D eigenvalue weighted by atomic mass is 10.4. The van der Waals surface area contributed by atoms with E-state index in [1.807, 2.05) is 12.4 Å². The maximum absolute atomic E-state index is 10.7. The molecular formula is C12H12N4O2. The smallest absolute Gasteiger partial charge is 0.317 e. The number of rotatable bonds is 5. The van der Waals surface area contributed by atoms with Gasteiger partial charge >= 0.3 is 5.97 Å². The zero-order chi connectivity index (χ0) is 13.0. The van der Waals surface area contributed by atoms with Crippen molar-refractivity contribution in [3.05, 3.63) is 30.4 Å². The van der Waals surface area contributed by atoms with Gasteiger partial charge in [0.1, 0.15) is 0 Å². The van der Waals surface area contributed by atoms with Crippen LogP contribution in [0.1, 0.15) is 5.69 Å². The molecule has 2 heterocycles. The number of terminal acetylenes is 1. The van der Waals surface area contributed by atoms with Crippen LogP contribution in [0.25, 0.3) is 5.78 Å². The summed E-state index contributed by atoms with van der Waals surface area (Å²) in [5.74, 6) is 2.12. The Morgan fingerprint density at radius 1 is 1.61 bits per heavy atom. The van der Waals surface area contributed by atoms with E-state index < -0.39 is 5.97 Å². The molecule has 0 aliphatic heterocycles. The minimum Gasteiger partial charge on any atom is -0.480 e. The van der Waals surface area contributed by atoms with Gasteiger partial charge in [0.25, 0.3) is 0 Å². The van der Waals surface area contributed by atoms with Crippen LogP contribution in [0.15, 0.2) is 24.7 Å². The predicted octanol–water partition coefficient (Wildman–Crippen LogP) is 0.249. The van der Waals surface area contributed by atoms with Crippen molar-refractivity contribution in [2.24, 2.45) is 0 Å². The van der Waals surface area contributed by atoms with E-state index in [2.05, 4.69) is 15.9 Å². The van der Waals surface area contributed by atoms with Gasteiger partial charge in [-0.15, -0.1) is 6.42 Å². The number of nitrogens with zero attached hydrogens (tertiary/aromatic N) is 4. The molecule has 0 saturated heterocycles. The Labute approximate surface area is 104 Å². The molecule has 0 unspecified atom stereocenters. The lowest BCUT2D eigenvalue weighted by Crippen LogP contribution is -2.29. The third-order valence-electron chi connectivity index (χ3n) is 2.34. The highest BCUT2D eigenvalue weighted by Crippen LogP contribution is 2.05. The Hall–Kier alpha value is -2.39. The summed E-state index contributed by atoms with van der Waals surface area (Å²) in [6, 6.07) is 1.80. The van der Waals surface area contributed by atoms with E-state index in [0.29, 0.717) is 12.3 Å². The van der Waals surface area contributed by atoms with Crippen molar-refractivity contribution in [3.8, 4) is 12.3 Å². The standard InChI is InChI=1S/C12H12N4O2/c1-2-5-15(9-11(17)18)7-10-8-16-6-3-4-13-12(16)14-10/h1,3-4,6,8H,5,7,9H2,(H,17,18). The lowest BCUT2D eigenvalue weighted by molar-refractivity contribution is -0.138. The molecule has 0 radical (unpaired) electrons. The first kappa shape index (κ1) is 12.1. The summed E-state index contributed by atoms with van der Waals surface area (Å²) >= 11 is 0. The molecule has 2 aromatic rings. The van der Waals surface area contributed by atoms with Gasteiger partial charge in [0.15, 0.2) is 0 Å². The summed E-state index contributed by atoms with van der Waals surface area (Å²) in [4.78, 5) is 20.7. The highest BCUT2D eigenvalue weighted by atomic mass is 16.4. The first-order valence-electron chi connectivity index (χ1n) is 5.35. The fourth-order valence-corrected chi connectivity index (χ4v) is 1.67. The van der Waals surface area contributed by atoms with Crippen molar-refractivity contribution in [1.29, 1.82) is 0 Å². The molecule has 2 aromatic heterocycles. The number of hydrogen-bond donors (Lipinski definition) is 1. The van der Waals surface area contributed by atoms with Crippen LogP contribution >= 0.6 is 0 Å². The van der Waals surface area contributed by atoms with Gasteiger partial charge in [-0.2, -0.15) is 0 Å². The zero-order valence-electron chi connectivity index (χ0n) is 9.65. The van der Waals surface area contributed by atoms with Gasteiger partial charge in [0.05, 0.1) is 18.8 Å². The van der Waals surface area contributed by atoms with Crippen LogP contribution in [0.2, 0.25) is 0 Å². The molecule has 0 aromatic carbocycles. The molecule has 0 saturated carbocycles. The van der Waals surface area contributed by atoms with Crippen LogP contribution in [0.3, 0.4) is 0 Å². The van der Waals surface area contributed by atoms with E-state index in [1.54, 1.807) is 21.6 Å². The second-order valence-electron chi connectivity index (χ2n) is 3.80. The molecule has 6 nitrogen and oxygen atoms in total. The number of carbonyl (C=O) groups is 1. The molecule has 0 aliphatic carbocycles. The monoisotopic (exact) mass is 244 g/mol. The number of carboxylic acids is 1. The van der Waals surface area contributed by atoms with Gasteiger partial charge in [-0.25, -0.2) is 9.97 Å².